The Balaban J connectivity index is 1.50. The summed E-state index contributed by atoms with van der Waals surface area (Å²) >= 11 is 3.00. The minimum atomic E-state index is -0.0565. The molecule has 0 saturated heterocycles. The lowest BCUT2D eigenvalue weighted by molar-refractivity contribution is 0.414. The van der Waals surface area contributed by atoms with Crippen LogP contribution in [0.5, 0.6) is 5.75 Å². The standard InChI is InChI=1S/C19H19N5O2S2/c1-3-23-16(10-13-4-6-15(26-2)7-5-13)21-22-19(23)28-12-14-11-17(25)24-8-9-27-18(24)20-14/h4-9,11H,3,10,12H2,1-2H3. The highest BCUT2D eigenvalue weighted by Gasteiger charge is 2.13. The third-order valence-electron chi connectivity index (χ3n) is 4.34. The van der Waals surface area contributed by atoms with Gasteiger partial charge in [-0.1, -0.05) is 23.9 Å². The summed E-state index contributed by atoms with van der Waals surface area (Å²) in [6.07, 6.45) is 2.44. The first kappa shape index (κ1) is 18.7. The van der Waals surface area contributed by atoms with E-state index >= 15 is 0 Å². The molecule has 0 saturated carbocycles. The molecule has 0 aliphatic rings. The van der Waals surface area contributed by atoms with Crippen molar-refractivity contribution in [1.82, 2.24) is 24.1 Å². The second-order valence-electron chi connectivity index (χ2n) is 6.10. The lowest BCUT2D eigenvalue weighted by atomic mass is 10.1. The summed E-state index contributed by atoms with van der Waals surface area (Å²) < 4.78 is 8.87. The van der Waals surface area contributed by atoms with Gasteiger partial charge in [0.25, 0.3) is 5.56 Å². The fourth-order valence-electron chi connectivity index (χ4n) is 2.90. The number of hydrogen-bond donors (Lipinski definition) is 0. The van der Waals surface area contributed by atoms with Crippen LogP contribution in [-0.2, 0) is 18.7 Å². The van der Waals surface area contributed by atoms with Gasteiger partial charge in [0.15, 0.2) is 10.1 Å². The lowest BCUT2D eigenvalue weighted by Gasteiger charge is -2.08. The molecule has 0 aliphatic carbocycles. The molecule has 1 aromatic carbocycles. The molecular formula is C19H19N5O2S2. The summed E-state index contributed by atoms with van der Waals surface area (Å²) in [4.78, 5) is 17.4. The van der Waals surface area contributed by atoms with Gasteiger partial charge in [0.2, 0.25) is 0 Å². The van der Waals surface area contributed by atoms with Gasteiger partial charge in [-0.15, -0.1) is 21.5 Å². The van der Waals surface area contributed by atoms with Crippen molar-refractivity contribution in [2.75, 3.05) is 7.11 Å². The second kappa shape index (κ2) is 8.15. The average Bonchev–Trinajstić information content (AvgIpc) is 3.34. The van der Waals surface area contributed by atoms with E-state index in [0.29, 0.717) is 17.1 Å². The molecule has 3 aromatic heterocycles. The van der Waals surface area contributed by atoms with E-state index in [4.69, 9.17) is 4.74 Å². The SMILES string of the molecule is CCn1c(Cc2ccc(OC)cc2)nnc1SCc1cc(=O)n2ccsc2n1. The molecule has 0 spiro atoms. The van der Waals surface area contributed by atoms with Gasteiger partial charge in [-0.05, 0) is 24.6 Å². The number of thiazole rings is 1. The molecule has 4 aromatic rings. The largest absolute Gasteiger partial charge is 0.497 e. The fraction of sp³-hybridized carbons (Fsp3) is 0.263. The Morgan fingerprint density at radius 3 is 2.79 bits per heavy atom. The quantitative estimate of drug-likeness (QED) is 0.433. The van der Waals surface area contributed by atoms with Crippen LogP contribution in [0.25, 0.3) is 4.96 Å². The lowest BCUT2D eigenvalue weighted by Crippen LogP contribution is -2.12. The molecule has 7 nitrogen and oxygen atoms in total. The van der Waals surface area contributed by atoms with Crippen molar-refractivity contribution in [3.05, 3.63) is 69.3 Å². The van der Waals surface area contributed by atoms with Crippen molar-refractivity contribution < 1.29 is 4.74 Å². The van der Waals surface area contributed by atoms with Crippen LogP contribution in [0.3, 0.4) is 0 Å². The fourth-order valence-corrected chi connectivity index (χ4v) is 4.55. The topological polar surface area (TPSA) is 74.3 Å². The first-order chi connectivity index (χ1) is 13.7. The van der Waals surface area contributed by atoms with E-state index in [1.54, 1.807) is 35.5 Å². The summed E-state index contributed by atoms with van der Waals surface area (Å²) in [5.41, 5.74) is 1.84. The number of ether oxygens (including phenoxy) is 1. The molecule has 0 bridgehead atoms. The highest BCUT2D eigenvalue weighted by Crippen LogP contribution is 2.23. The predicted octanol–water partition coefficient (Wildman–Crippen LogP) is 3.26. The van der Waals surface area contributed by atoms with Crippen molar-refractivity contribution in [3.63, 3.8) is 0 Å². The molecule has 9 heteroatoms. The zero-order valence-corrected chi connectivity index (χ0v) is 17.2. The van der Waals surface area contributed by atoms with E-state index in [0.717, 1.165) is 34.5 Å². The molecule has 0 fully saturated rings. The first-order valence-electron chi connectivity index (χ1n) is 8.81. The van der Waals surface area contributed by atoms with Gasteiger partial charge in [0.1, 0.15) is 11.6 Å². The monoisotopic (exact) mass is 413 g/mol. The van der Waals surface area contributed by atoms with Crippen LogP contribution >= 0.6 is 23.1 Å². The third kappa shape index (κ3) is 3.81. The zero-order chi connectivity index (χ0) is 19.5. The first-order valence-corrected chi connectivity index (χ1v) is 10.7. The molecule has 4 rings (SSSR count). The van der Waals surface area contributed by atoms with Crippen LogP contribution in [0, 0.1) is 0 Å². The Kier molecular flexibility index (Phi) is 5.45. The smallest absolute Gasteiger partial charge is 0.258 e. The Hall–Kier alpha value is -2.65. The molecule has 144 valence electrons. The molecule has 0 amide bonds. The maximum atomic E-state index is 12.1. The number of benzene rings is 1. The highest BCUT2D eigenvalue weighted by atomic mass is 32.2. The number of methoxy groups -OCH3 is 1. The molecule has 28 heavy (non-hydrogen) atoms. The minimum Gasteiger partial charge on any atom is -0.497 e. The van der Waals surface area contributed by atoms with Gasteiger partial charge in [-0.3, -0.25) is 9.20 Å². The van der Waals surface area contributed by atoms with E-state index in [9.17, 15) is 4.79 Å². The van der Waals surface area contributed by atoms with Crippen molar-refractivity contribution in [2.24, 2.45) is 0 Å². The summed E-state index contributed by atoms with van der Waals surface area (Å²) in [5, 5.41) is 11.4. The van der Waals surface area contributed by atoms with E-state index in [1.165, 1.54) is 11.3 Å². The summed E-state index contributed by atoms with van der Waals surface area (Å²) in [7, 11) is 1.66. The van der Waals surface area contributed by atoms with Gasteiger partial charge in [-0.25, -0.2) is 4.98 Å². The molecule has 0 aliphatic heterocycles. The van der Waals surface area contributed by atoms with E-state index in [2.05, 4.69) is 26.7 Å². The molecule has 0 atom stereocenters. The third-order valence-corrected chi connectivity index (χ3v) is 6.09. The number of nitrogens with zero attached hydrogens (tertiary/aromatic N) is 5. The zero-order valence-electron chi connectivity index (χ0n) is 15.5. The molecule has 0 radical (unpaired) electrons. The average molecular weight is 414 g/mol. The maximum Gasteiger partial charge on any atom is 0.258 e. The van der Waals surface area contributed by atoms with E-state index < -0.39 is 0 Å². The molecular weight excluding hydrogens is 394 g/mol. The van der Waals surface area contributed by atoms with Crippen LogP contribution in [0.4, 0.5) is 0 Å². The normalized spacial score (nSPS) is 11.2. The number of fused-ring (bicyclic) bond motifs is 1. The second-order valence-corrected chi connectivity index (χ2v) is 7.91. The van der Waals surface area contributed by atoms with Crippen LogP contribution in [0.2, 0.25) is 0 Å². The van der Waals surface area contributed by atoms with Gasteiger partial charge < -0.3 is 9.30 Å². The van der Waals surface area contributed by atoms with Crippen LogP contribution in [0.1, 0.15) is 24.0 Å². The van der Waals surface area contributed by atoms with E-state index in [1.807, 2.05) is 29.6 Å². The van der Waals surface area contributed by atoms with Crippen LogP contribution in [-0.4, -0.2) is 31.3 Å². The number of aromatic nitrogens is 5. The summed E-state index contributed by atoms with van der Waals surface area (Å²) in [6, 6.07) is 9.55. The van der Waals surface area contributed by atoms with Crippen molar-refractivity contribution >= 4 is 28.1 Å². The number of rotatable bonds is 7. The summed E-state index contributed by atoms with van der Waals surface area (Å²) in [6.45, 7) is 2.86. The molecule has 0 N–H and O–H groups in total. The van der Waals surface area contributed by atoms with Crippen LogP contribution < -0.4 is 10.3 Å². The van der Waals surface area contributed by atoms with Gasteiger partial charge >= 0.3 is 0 Å². The van der Waals surface area contributed by atoms with Crippen LogP contribution in [0.15, 0.2) is 51.9 Å². The van der Waals surface area contributed by atoms with Crippen molar-refractivity contribution in [2.45, 2.75) is 30.8 Å². The van der Waals surface area contributed by atoms with Gasteiger partial charge in [0.05, 0.1) is 12.8 Å². The maximum absolute atomic E-state index is 12.1. The number of hydrogen-bond acceptors (Lipinski definition) is 7. The van der Waals surface area contributed by atoms with Gasteiger partial charge in [-0.2, -0.15) is 0 Å². The Morgan fingerprint density at radius 2 is 2.04 bits per heavy atom. The van der Waals surface area contributed by atoms with Gasteiger partial charge in [0, 0.05) is 36.4 Å². The summed E-state index contributed by atoms with van der Waals surface area (Å²) in [5.74, 6) is 2.32. The number of thioether (sulfide) groups is 1. The van der Waals surface area contributed by atoms with Crippen molar-refractivity contribution in [3.8, 4) is 5.75 Å². The van der Waals surface area contributed by atoms with E-state index in [-0.39, 0.29) is 5.56 Å². The Morgan fingerprint density at radius 1 is 1.21 bits per heavy atom. The molecule has 0 unspecified atom stereocenters. The Bertz CT molecular complexity index is 1150. The molecule has 3 heterocycles. The minimum absolute atomic E-state index is 0.0565. The highest BCUT2D eigenvalue weighted by molar-refractivity contribution is 7.98. The predicted molar refractivity (Wildman–Crippen MR) is 110 cm³/mol. The Labute approximate surface area is 170 Å². The van der Waals surface area contributed by atoms with Crippen molar-refractivity contribution in [1.29, 1.82) is 0 Å².